The lowest BCUT2D eigenvalue weighted by Crippen LogP contribution is -2.26. The van der Waals surface area contributed by atoms with Gasteiger partial charge in [0.2, 0.25) is 0 Å². The third kappa shape index (κ3) is 2.26. The summed E-state index contributed by atoms with van der Waals surface area (Å²) in [5.41, 5.74) is 5.92. The molecule has 1 aromatic rings. The van der Waals surface area contributed by atoms with Crippen LogP contribution < -0.4 is 5.73 Å². The molecule has 1 heterocycles. The molecule has 0 aliphatic heterocycles. The van der Waals surface area contributed by atoms with E-state index in [1.54, 1.807) is 0 Å². The molecule has 2 N–H and O–H groups in total. The van der Waals surface area contributed by atoms with Crippen LogP contribution in [0.2, 0.25) is 0 Å². The van der Waals surface area contributed by atoms with E-state index in [9.17, 15) is 0 Å². The van der Waals surface area contributed by atoms with Crippen LogP contribution in [0.4, 0.5) is 0 Å². The summed E-state index contributed by atoms with van der Waals surface area (Å²) in [5.74, 6) is 3.08. The zero-order valence-corrected chi connectivity index (χ0v) is 10.5. The average molecular weight is 222 g/mol. The van der Waals surface area contributed by atoms with Gasteiger partial charge in [-0.1, -0.05) is 13.8 Å². The van der Waals surface area contributed by atoms with E-state index < -0.39 is 0 Å². The molecule has 0 bridgehead atoms. The van der Waals surface area contributed by atoms with Crippen molar-refractivity contribution in [1.82, 2.24) is 14.8 Å². The van der Waals surface area contributed by atoms with Gasteiger partial charge in [-0.2, -0.15) is 5.10 Å². The molecule has 4 heteroatoms. The Labute approximate surface area is 97.2 Å². The first-order valence-electron chi connectivity index (χ1n) is 6.24. The van der Waals surface area contributed by atoms with Gasteiger partial charge in [0.05, 0.1) is 0 Å². The summed E-state index contributed by atoms with van der Waals surface area (Å²) in [6.45, 7) is 4.27. The van der Waals surface area contributed by atoms with Gasteiger partial charge in [0.25, 0.3) is 0 Å². The maximum atomic E-state index is 5.92. The van der Waals surface area contributed by atoms with Crippen molar-refractivity contribution in [2.24, 2.45) is 12.8 Å². The molecule has 16 heavy (non-hydrogen) atoms. The summed E-state index contributed by atoms with van der Waals surface area (Å²) in [6.07, 6.45) is 4.56. The van der Waals surface area contributed by atoms with Gasteiger partial charge in [0.1, 0.15) is 5.82 Å². The fraction of sp³-hybridized carbons (Fsp3) is 0.833. The van der Waals surface area contributed by atoms with Gasteiger partial charge in [-0.05, 0) is 25.7 Å². The molecule has 0 radical (unpaired) electrons. The molecule has 0 unspecified atom stereocenters. The van der Waals surface area contributed by atoms with Gasteiger partial charge in [-0.15, -0.1) is 0 Å². The maximum absolute atomic E-state index is 5.92. The lowest BCUT2D eigenvalue weighted by molar-refractivity contribution is 0.377. The van der Waals surface area contributed by atoms with E-state index in [1.807, 2.05) is 11.7 Å². The van der Waals surface area contributed by atoms with Crippen LogP contribution in [-0.2, 0) is 7.05 Å². The van der Waals surface area contributed by atoms with Crippen LogP contribution in [0.5, 0.6) is 0 Å². The molecule has 1 aromatic heterocycles. The van der Waals surface area contributed by atoms with Crippen molar-refractivity contribution in [3.05, 3.63) is 11.6 Å². The Kier molecular flexibility index (Phi) is 3.28. The van der Waals surface area contributed by atoms with Gasteiger partial charge in [0.15, 0.2) is 5.82 Å². The Morgan fingerprint density at radius 2 is 1.88 bits per heavy atom. The molecular formula is C12H22N4. The van der Waals surface area contributed by atoms with E-state index in [-0.39, 0.29) is 0 Å². The normalized spacial score (nSPS) is 26.3. The van der Waals surface area contributed by atoms with Crippen LogP contribution in [0.25, 0.3) is 0 Å². The molecule has 0 atom stereocenters. The number of nitrogens with two attached hydrogens (primary N) is 1. The van der Waals surface area contributed by atoms with E-state index in [4.69, 9.17) is 5.73 Å². The highest BCUT2D eigenvalue weighted by Gasteiger charge is 2.24. The third-order valence-corrected chi connectivity index (χ3v) is 3.47. The maximum Gasteiger partial charge on any atom is 0.153 e. The van der Waals surface area contributed by atoms with Crippen molar-refractivity contribution >= 4 is 0 Å². The summed E-state index contributed by atoms with van der Waals surface area (Å²) in [5, 5.41) is 4.48. The SMILES string of the molecule is CC(C)c1nc(C2CCC(N)CC2)n(C)n1. The topological polar surface area (TPSA) is 56.7 Å². The second kappa shape index (κ2) is 4.53. The van der Waals surface area contributed by atoms with E-state index in [0.717, 1.165) is 37.3 Å². The second-order valence-electron chi connectivity index (χ2n) is 5.22. The molecule has 1 saturated carbocycles. The van der Waals surface area contributed by atoms with Crippen LogP contribution in [0, 0.1) is 0 Å². The lowest BCUT2D eigenvalue weighted by Gasteiger charge is -2.24. The van der Waals surface area contributed by atoms with E-state index in [1.165, 1.54) is 0 Å². The summed E-state index contributed by atoms with van der Waals surface area (Å²) >= 11 is 0. The van der Waals surface area contributed by atoms with Gasteiger partial charge in [0, 0.05) is 24.9 Å². The molecule has 1 aliphatic carbocycles. The second-order valence-corrected chi connectivity index (χ2v) is 5.22. The number of rotatable bonds is 2. The smallest absolute Gasteiger partial charge is 0.153 e. The summed E-state index contributed by atoms with van der Waals surface area (Å²) in [6, 6.07) is 0.397. The molecule has 4 nitrogen and oxygen atoms in total. The van der Waals surface area contributed by atoms with Crippen molar-refractivity contribution in [2.75, 3.05) is 0 Å². The minimum absolute atomic E-state index is 0.397. The molecule has 0 aromatic carbocycles. The lowest BCUT2D eigenvalue weighted by atomic mass is 9.86. The van der Waals surface area contributed by atoms with Gasteiger partial charge >= 0.3 is 0 Å². The molecule has 90 valence electrons. The predicted molar refractivity (Wildman–Crippen MR) is 64.3 cm³/mol. The van der Waals surface area contributed by atoms with Crippen molar-refractivity contribution < 1.29 is 0 Å². The molecular weight excluding hydrogens is 200 g/mol. The summed E-state index contributed by atoms with van der Waals surface area (Å²) in [7, 11) is 2.00. The molecule has 1 aliphatic rings. The Hall–Kier alpha value is -0.900. The Bertz CT molecular complexity index is 348. The molecule has 2 rings (SSSR count). The minimum Gasteiger partial charge on any atom is -0.328 e. The van der Waals surface area contributed by atoms with Gasteiger partial charge in [-0.25, -0.2) is 4.98 Å². The van der Waals surface area contributed by atoms with Crippen LogP contribution in [0.3, 0.4) is 0 Å². The van der Waals surface area contributed by atoms with E-state index >= 15 is 0 Å². The third-order valence-electron chi connectivity index (χ3n) is 3.47. The van der Waals surface area contributed by atoms with Crippen LogP contribution in [0.1, 0.15) is 63.0 Å². The number of nitrogens with zero attached hydrogens (tertiary/aromatic N) is 3. The molecule has 0 saturated heterocycles. The van der Waals surface area contributed by atoms with E-state index in [0.29, 0.717) is 17.9 Å². The predicted octanol–water partition coefficient (Wildman–Crippen LogP) is 1.92. The zero-order chi connectivity index (χ0) is 11.7. The highest BCUT2D eigenvalue weighted by molar-refractivity contribution is 5.04. The van der Waals surface area contributed by atoms with E-state index in [2.05, 4.69) is 23.9 Å². The first-order valence-corrected chi connectivity index (χ1v) is 6.24. The van der Waals surface area contributed by atoms with Crippen molar-refractivity contribution in [3.8, 4) is 0 Å². The van der Waals surface area contributed by atoms with Crippen molar-refractivity contribution in [1.29, 1.82) is 0 Å². The minimum atomic E-state index is 0.397. The van der Waals surface area contributed by atoms with Crippen LogP contribution in [0.15, 0.2) is 0 Å². The zero-order valence-electron chi connectivity index (χ0n) is 10.5. The highest BCUT2D eigenvalue weighted by atomic mass is 15.3. The fourth-order valence-corrected chi connectivity index (χ4v) is 2.39. The Morgan fingerprint density at radius 1 is 1.25 bits per heavy atom. The fourth-order valence-electron chi connectivity index (χ4n) is 2.39. The summed E-state index contributed by atoms with van der Waals surface area (Å²) < 4.78 is 1.96. The van der Waals surface area contributed by atoms with Crippen LogP contribution in [-0.4, -0.2) is 20.8 Å². The Morgan fingerprint density at radius 3 is 2.38 bits per heavy atom. The average Bonchev–Trinajstić information content (AvgIpc) is 2.62. The molecule has 0 spiro atoms. The quantitative estimate of drug-likeness (QED) is 0.831. The van der Waals surface area contributed by atoms with Crippen molar-refractivity contribution in [2.45, 2.75) is 57.4 Å². The van der Waals surface area contributed by atoms with Crippen LogP contribution >= 0.6 is 0 Å². The first-order chi connectivity index (χ1) is 7.58. The monoisotopic (exact) mass is 222 g/mol. The number of aryl methyl sites for hydroxylation is 1. The standard InChI is InChI=1S/C12H22N4/c1-8(2)11-14-12(16(3)15-11)9-4-6-10(13)7-5-9/h8-10H,4-7,13H2,1-3H3. The highest BCUT2D eigenvalue weighted by Crippen LogP contribution is 2.31. The number of hydrogen-bond acceptors (Lipinski definition) is 3. The largest absolute Gasteiger partial charge is 0.328 e. The Balaban J connectivity index is 2.14. The molecule has 0 amide bonds. The molecule has 1 fully saturated rings. The van der Waals surface area contributed by atoms with Gasteiger partial charge < -0.3 is 5.73 Å². The number of aromatic nitrogens is 3. The summed E-state index contributed by atoms with van der Waals surface area (Å²) in [4.78, 5) is 4.67. The van der Waals surface area contributed by atoms with Gasteiger partial charge in [-0.3, -0.25) is 4.68 Å². The first kappa shape index (κ1) is 11.6. The van der Waals surface area contributed by atoms with Crippen molar-refractivity contribution in [3.63, 3.8) is 0 Å². The number of hydrogen-bond donors (Lipinski definition) is 1.